The Bertz CT molecular complexity index is 859. The quantitative estimate of drug-likeness (QED) is 0.752. The summed E-state index contributed by atoms with van der Waals surface area (Å²) in [6.45, 7) is 0.293. The van der Waals surface area contributed by atoms with Crippen molar-refractivity contribution in [3.63, 3.8) is 0 Å². The number of hydrogen-bond donors (Lipinski definition) is 0. The van der Waals surface area contributed by atoms with E-state index in [0.29, 0.717) is 0 Å². The molecule has 1 aliphatic heterocycles. The van der Waals surface area contributed by atoms with E-state index in [-0.39, 0.29) is 36.9 Å². The van der Waals surface area contributed by atoms with E-state index in [9.17, 15) is 18.4 Å². The SMILES string of the molecule is CN(Cc1ccc(F)cc1F)C(=O)[C@@H]1CC(=O)N(c2ccccc2Br)C1. The van der Waals surface area contributed by atoms with Crippen molar-refractivity contribution in [1.29, 1.82) is 0 Å². The Kier molecular flexibility index (Phi) is 5.36. The number of carbonyl (C=O) groups excluding carboxylic acids is 2. The maximum Gasteiger partial charge on any atom is 0.228 e. The molecular formula is C19H17BrF2N2O2. The predicted octanol–water partition coefficient (Wildman–Crippen LogP) is 3.74. The van der Waals surface area contributed by atoms with Crippen molar-refractivity contribution in [2.45, 2.75) is 13.0 Å². The van der Waals surface area contributed by atoms with Crippen molar-refractivity contribution in [2.24, 2.45) is 5.92 Å². The van der Waals surface area contributed by atoms with Crippen LogP contribution < -0.4 is 4.90 Å². The largest absolute Gasteiger partial charge is 0.341 e. The molecule has 1 heterocycles. The lowest BCUT2D eigenvalue weighted by atomic mass is 10.1. The van der Waals surface area contributed by atoms with Gasteiger partial charge in [-0.1, -0.05) is 18.2 Å². The summed E-state index contributed by atoms with van der Waals surface area (Å²) < 4.78 is 27.6. The van der Waals surface area contributed by atoms with Gasteiger partial charge in [0.25, 0.3) is 0 Å². The smallest absolute Gasteiger partial charge is 0.228 e. The van der Waals surface area contributed by atoms with Crippen LogP contribution in [0.25, 0.3) is 0 Å². The normalized spacial score (nSPS) is 16.8. The van der Waals surface area contributed by atoms with Crippen molar-refractivity contribution in [1.82, 2.24) is 4.90 Å². The zero-order valence-corrected chi connectivity index (χ0v) is 15.7. The summed E-state index contributed by atoms with van der Waals surface area (Å²) in [4.78, 5) is 28.0. The number of rotatable bonds is 4. The average molecular weight is 423 g/mol. The maximum absolute atomic E-state index is 13.8. The second-order valence-corrected chi connectivity index (χ2v) is 7.14. The number of nitrogens with zero attached hydrogens (tertiary/aromatic N) is 2. The lowest BCUT2D eigenvalue weighted by molar-refractivity contribution is -0.135. The molecule has 26 heavy (non-hydrogen) atoms. The van der Waals surface area contributed by atoms with E-state index in [1.807, 2.05) is 24.3 Å². The Morgan fingerprint density at radius 2 is 2.00 bits per heavy atom. The lowest BCUT2D eigenvalue weighted by Gasteiger charge is -2.22. The highest BCUT2D eigenvalue weighted by Gasteiger charge is 2.37. The van der Waals surface area contributed by atoms with Crippen LogP contribution in [0.2, 0.25) is 0 Å². The van der Waals surface area contributed by atoms with Crippen LogP contribution in [0.3, 0.4) is 0 Å². The summed E-state index contributed by atoms with van der Waals surface area (Å²) in [5, 5.41) is 0. The third kappa shape index (κ3) is 3.77. The minimum absolute atomic E-state index is 0.0185. The fourth-order valence-corrected chi connectivity index (χ4v) is 3.57. The first-order valence-electron chi connectivity index (χ1n) is 8.10. The number of amides is 2. The zero-order valence-electron chi connectivity index (χ0n) is 14.1. The molecule has 7 heteroatoms. The minimum Gasteiger partial charge on any atom is -0.341 e. The van der Waals surface area contributed by atoms with Crippen molar-refractivity contribution in [2.75, 3.05) is 18.5 Å². The number of halogens is 3. The number of carbonyl (C=O) groups is 2. The van der Waals surface area contributed by atoms with Gasteiger partial charge in [-0.3, -0.25) is 9.59 Å². The van der Waals surface area contributed by atoms with Gasteiger partial charge in [0.05, 0.1) is 11.6 Å². The lowest BCUT2D eigenvalue weighted by Crippen LogP contribution is -2.34. The van der Waals surface area contributed by atoms with E-state index in [2.05, 4.69) is 15.9 Å². The summed E-state index contributed by atoms with van der Waals surface area (Å²) in [6, 6.07) is 10.6. The molecule has 1 saturated heterocycles. The van der Waals surface area contributed by atoms with E-state index in [4.69, 9.17) is 0 Å². The standard InChI is InChI=1S/C19H17BrF2N2O2/c1-23(10-12-6-7-14(21)9-16(12)22)19(26)13-8-18(25)24(11-13)17-5-3-2-4-15(17)20/h2-7,9,13H,8,10-11H2,1H3/t13-/m1/s1. The van der Waals surface area contributed by atoms with E-state index in [1.165, 1.54) is 11.0 Å². The summed E-state index contributed by atoms with van der Waals surface area (Å²) in [5.74, 6) is -2.22. The van der Waals surface area contributed by atoms with Crippen LogP contribution >= 0.6 is 15.9 Å². The first-order chi connectivity index (χ1) is 12.4. The van der Waals surface area contributed by atoms with E-state index >= 15 is 0 Å². The first kappa shape index (κ1) is 18.5. The van der Waals surface area contributed by atoms with Crippen LogP contribution in [-0.4, -0.2) is 30.3 Å². The van der Waals surface area contributed by atoms with Gasteiger partial charge in [0.1, 0.15) is 11.6 Å². The summed E-state index contributed by atoms with van der Waals surface area (Å²) in [5.41, 5.74) is 0.953. The molecule has 1 aliphatic rings. The molecule has 2 aromatic carbocycles. The molecule has 0 aromatic heterocycles. The summed E-state index contributed by atoms with van der Waals surface area (Å²) >= 11 is 3.42. The van der Waals surface area contributed by atoms with Crippen LogP contribution in [0.4, 0.5) is 14.5 Å². The Labute approximate surface area is 158 Å². The van der Waals surface area contributed by atoms with Crippen LogP contribution in [-0.2, 0) is 16.1 Å². The molecule has 3 rings (SSSR count). The molecule has 0 spiro atoms. The Morgan fingerprint density at radius 1 is 1.27 bits per heavy atom. The second-order valence-electron chi connectivity index (χ2n) is 6.29. The number of anilines is 1. The summed E-state index contributed by atoms with van der Waals surface area (Å²) in [6.07, 6.45) is 0.108. The number of benzene rings is 2. The molecule has 0 radical (unpaired) electrons. The molecule has 0 saturated carbocycles. The molecule has 0 unspecified atom stereocenters. The van der Waals surface area contributed by atoms with Gasteiger partial charge in [-0.05, 0) is 34.1 Å². The third-order valence-electron chi connectivity index (χ3n) is 4.42. The van der Waals surface area contributed by atoms with Crippen LogP contribution in [0.5, 0.6) is 0 Å². The minimum atomic E-state index is -0.693. The molecule has 1 atom stereocenters. The van der Waals surface area contributed by atoms with Gasteiger partial charge >= 0.3 is 0 Å². The Balaban J connectivity index is 1.70. The van der Waals surface area contributed by atoms with Gasteiger partial charge < -0.3 is 9.80 Å². The molecule has 136 valence electrons. The predicted molar refractivity (Wildman–Crippen MR) is 97.4 cm³/mol. The molecular weight excluding hydrogens is 406 g/mol. The second kappa shape index (κ2) is 7.53. The molecule has 1 fully saturated rings. The van der Waals surface area contributed by atoms with Gasteiger partial charge in [0.2, 0.25) is 11.8 Å². The van der Waals surface area contributed by atoms with Gasteiger partial charge in [-0.25, -0.2) is 8.78 Å². The topological polar surface area (TPSA) is 40.6 Å². The monoisotopic (exact) mass is 422 g/mol. The first-order valence-corrected chi connectivity index (χ1v) is 8.90. The Morgan fingerprint density at radius 3 is 2.69 bits per heavy atom. The number of hydrogen-bond acceptors (Lipinski definition) is 2. The molecule has 0 bridgehead atoms. The van der Waals surface area contributed by atoms with Gasteiger partial charge in [-0.2, -0.15) is 0 Å². The molecule has 0 aliphatic carbocycles. The van der Waals surface area contributed by atoms with Crippen LogP contribution in [0.15, 0.2) is 46.9 Å². The molecule has 2 amide bonds. The molecule has 2 aromatic rings. The Hall–Kier alpha value is -2.28. The maximum atomic E-state index is 13.8. The van der Waals surface area contributed by atoms with Crippen molar-refractivity contribution in [3.05, 3.63) is 64.1 Å². The van der Waals surface area contributed by atoms with Crippen LogP contribution in [0, 0.1) is 17.6 Å². The fourth-order valence-electron chi connectivity index (χ4n) is 3.07. The van der Waals surface area contributed by atoms with E-state index < -0.39 is 17.6 Å². The van der Waals surface area contributed by atoms with Gasteiger partial charge in [0.15, 0.2) is 0 Å². The van der Waals surface area contributed by atoms with Gasteiger partial charge in [-0.15, -0.1) is 0 Å². The van der Waals surface area contributed by atoms with E-state index in [1.54, 1.807) is 11.9 Å². The van der Waals surface area contributed by atoms with Crippen molar-refractivity contribution in [3.8, 4) is 0 Å². The third-order valence-corrected chi connectivity index (χ3v) is 5.09. The number of para-hydroxylation sites is 1. The van der Waals surface area contributed by atoms with Crippen LogP contribution in [0.1, 0.15) is 12.0 Å². The highest BCUT2D eigenvalue weighted by Crippen LogP contribution is 2.32. The average Bonchev–Trinajstić information content (AvgIpc) is 2.98. The summed E-state index contributed by atoms with van der Waals surface area (Å²) in [7, 11) is 1.55. The zero-order chi connectivity index (χ0) is 18.8. The van der Waals surface area contributed by atoms with Crippen molar-refractivity contribution < 1.29 is 18.4 Å². The van der Waals surface area contributed by atoms with E-state index in [0.717, 1.165) is 22.3 Å². The molecule has 0 N–H and O–H groups in total. The molecule has 4 nitrogen and oxygen atoms in total. The highest BCUT2D eigenvalue weighted by molar-refractivity contribution is 9.10. The van der Waals surface area contributed by atoms with Gasteiger partial charge in [0, 0.05) is 42.7 Å². The highest BCUT2D eigenvalue weighted by atomic mass is 79.9. The van der Waals surface area contributed by atoms with Crippen molar-refractivity contribution >= 4 is 33.4 Å². The fraction of sp³-hybridized carbons (Fsp3) is 0.263.